The van der Waals surface area contributed by atoms with Gasteiger partial charge in [0, 0.05) is 23.3 Å². The molecule has 1 rings (SSSR count). The summed E-state index contributed by atoms with van der Waals surface area (Å²) in [6.45, 7) is 5.08. The van der Waals surface area contributed by atoms with Gasteiger partial charge in [-0.1, -0.05) is 29.8 Å². The maximum absolute atomic E-state index is 11.0. The third-order valence-electron chi connectivity index (χ3n) is 2.44. The lowest BCUT2D eigenvalue weighted by atomic mass is 10.2. The summed E-state index contributed by atoms with van der Waals surface area (Å²) in [5, 5.41) is 3.33. The van der Waals surface area contributed by atoms with Crippen molar-refractivity contribution in [2.75, 3.05) is 18.6 Å². The molecule has 4 nitrogen and oxygen atoms in total. The molecule has 0 atom stereocenters. The second kappa shape index (κ2) is 7.26. The Kier molecular flexibility index (Phi) is 6.29. The minimum absolute atomic E-state index is 0.0304. The van der Waals surface area contributed by atoms with Crippen LogP contribution < -0.4 is 10.1 Å². The van der Waals surface area contributed by atoms with Crippen LogP contribution in [-0.4, -0.2) is 33.1 Å². The molecule has 0 aliphatic carbocycles. The number of sulfone groups is 1. The zero-order valence-corrected chi connectivity index (χ0v) is 13.8. The van der Waals surface area contributed by atoms with Crippen LogP contribution >= 0.6 is 15.9 Å². The van der Waals surface area contributed by atoms with Gasteiger partial charge < -0.3 is 10.1 Å². The van der Waals surface area contributed by atoms with Crippen LogP contribution in [0.1, 0.15) is 19.4 Å². The van der Waals surface area contributed by atoms with Crippen LogP contribution in [-0.2, 0) is 16.4 Å². The van der Waals surface area contributed by atoms with Crippen molar-refractivity contribution in [2.24, 2.45) is 0 Å². The van der Waals surface area contributed by atoms with E-state index < -0.39 is 9.84 Å². The number of hydrogen-bond acceptors (Lipinski definition) is 4. The van der Waals surface area contributed by atoms with E-state index in [1.54, 1.807) is 0 Å². The SMILES string of the molecule is CC(C)NCc1cc(OCCS(C)(=O)=O)ccc1Br. The first-order chi connectivity index (χ1) is 8.78. The Bertz CT molecular complexity index is 515. The number of benzene rings is 1. The number of ether oxygens (including phenoxy) is 1. The van der Waals surface area contributed by atoms with Gasteiger partial charge in [0.15, 0.2) is 9.84 Å². The summed E-state index contributed by atoms with van der Waals surface area (Å²) in [5.74, 6) is 0.718. The zero-order chi connectivity index (χ0) is 14.5. The Morgan fingerprint density at radius 3 is 2.63 bits per heavy atom. The molecule has 0 aliphatic rings. The quantitative estimate of drug-likeness (QED) is 0.820. The maximum Gasteiger partial charge on any atom is 0.150 e. The Morgan fingerprint density at radius 2 is 2.05 bits per heavy atom. The van der Waals surface area contributed by atoms with E-state index in [9.17, 15) is 8.42 Å². The highest BCUT2D eigenvalue weighted by Gasteiger charge is 2.06. The van der Waals surface area contributed by atoms with Gasteiger partial charge in [-0.3, -0.25) is 0 Å². The monoisotopic (exact) mass is 349 g/mol. The highest BCUT2D eigenvalue weighted by Crippen LogP contribution is 2.22. The molecule has 0 bridgehead atoms. The molecule has 0 saturated heterocycles. The topological polar surface area (TPSA) is 55.4 Å². The lowest BCUT2D eigenvalue weighted by Crippen LogP contribution is -2.22. The first-order valence-corrected chi connectivity index (χ1v) is 8.95. The van der Waals surface area contributed by atoms with Crippen LogP contribution in [0.3, 0.4) is 0 Å². The summed E-state index contributed by atoms with van der Waals surface area (Å²) in [6.07, 6.45) is 1.20. The van der Waals surface area contributed by atoms with Crippen molar-refractivity contribution in [3.05, 3.63) is 28.2 Å². The molecular weight excluding hydrogens is 330 g/mol. The van der Waals surface area contributed by atoms with Crippen molar-refractivity contribution in [2.45, 2.75) is 26.4 Å². The Morgan fingerprint density at radius 1 is 1.37 bits per heavy atom. The molecular formula is C13H20BrNO3S. The molecule has 19 heavy (non-hydrogen) atoms. The van der Waals surface area contributed by atoms with Gasteiger partial charge in [-0.25, -0.2) is 8.42 Å². The molecule has 1 aromatic carbocycles. The minimum Gasteiger partial charge on any atom is -0.493 e. The van der Waals surface area contributed by atoms with E-state index in [0.29, 0.717) is 11.8 Å². The van der Waals surface area contributed by atoms with Gasteiger partial charge in [-0.05, 0) is 23.8 Å². The van der Waals surface area contributed by atoms with Crippen molar-refractivity contribution in [1.82, 2.24) is 5.32 Å². The summed E-state index contributed by atoms with van der Waals surface area (Å²) in [6, 6.07) is 6.06. The van der Waals surface area contributed by atoms with E-state index >= 15 is 0 Å². The van der Waals surface area contributed by atoms with E-state index in [1.807, 2.05) is 18.2 Å². The summed E-state index contributed by atoms with van der Waals surface area (Å²) < 4.78 is 28.5. The molecule has 1 aromatic rings. The molecule has 0 unspecified atom stereocenters. The smallest absolute Gasteiger partial charge is 0.150 e. The van der Waals surface area contributed by atoms with Crippen molar-refractivity contribution in [3.8, 4) is 5.75 Å². The van der Waals surface area contributed by atoms with Gasteiger partial charge in [0.05, 0.1) is 5.75 Å². The predicted octanol–water partition coefficient (Wildman–Crippen LogP) is 2.37. The Labute approximate surface area is 123 Å². The molecule has 0 fully saturated rings. The fraction of sp³-hybridized carbons (Fsp3) is 0.538. The normalized spacial score (nSPS) is 11.8. The lowest BCUT2D eigenvalue weighted by Gasteiger charge is -2.12. The van der Waals surface area contributed by atoms with Crippen LogP contribution in [0.4, 0.5) is 0 Å². The summed E-state index contributed by atoms with van der Waals surface area (Å²) >= 11 is 3.49. The summed E-state index contributed by atoms with van der Waals surface area (Å²) in [5.41, 5.74) is 1.09. The highest BCUT2D eigenvalue weighted by atomic mass is 79.9. The van der Waals surface area contributed by atoms with Crippen LogP contribution in [0.15, 0.2) is 22.7 Å². The van der Waals surface area contributed by atoms with Crippen LogP contribution in [0, 0.1) is 0 Å². The molecule has 0 aliphatic heterocycles. The summed E-state index contributed by atoms with van der Waals surface area (Å²) in [4.78, 5) is 0. The van der Waals surface area contributed by atoms with Crippen LogP contribution in [0.2, 0.25) is 0 Å². The zero-order valence-electron chi connectivity index (χ0n) is 11.4. The highest BCUT2D eigenvalue weighted by molar-refractivity contribution is 9.10. The molecule has 0 spiro atoms. The number of rotatable bonds is 7. The molecule has 0 saturated carbocycles. The molecule has 108 valence electrons. The van der Waals surface area contributed by atoms with Gasteiger partial charge >= 0.3 is 0 Å². The minimum atomic E-state index is -2.98. The largest absolute Gasteiger partial charge is 0.493 e. The van der Waals surface area contributed by atoms with Crippen molar-refractivity contribution in [3.63, 3.8) is 0 Å². The summed E-state index contributed by atoms with van der Waals surface area (Å²) in [7, 11) is -2.98. The fourth-order valence-corrected chi connectivity index (χ4v) is 2.17. The third kappa shape index (κ3) is 6.94. The molecule has 6 heteroatoms. The second-order valence-electron chi connectivity index (χ2n) is 4.77. The molecule has 0 amide bonds. The van der Waals surface area contributed by atoms with E-state index in [4.69, 9.17) is 4.74 Å². The van der Waals surface area contributed by atoms with Gasteiger partial charge in [0.1, 0.15) is 12.4 Å². The number of nitrogens with one attached hydrogen (secondary N) is 1. The van der Waals surface area contributed by atoms with Gasteiger partial charge in [-0.2, -0.15) is 0 Å². The molecule has 0 aromatic heterocycles. The Hall–Kier alpha value is -0.590. The van der Waals surface area contributed by atoms with E-state index in [-0.39, 0.29) is 12.4 Å². The fourth-order valence-electron chi connectivity index (χ4n) is 1.40. The number of hydrogen-bond donors (Lipinski definition) is 1. The van der Waals surface area contributed by atoms with Crippen molar-refractivity contribution >= 4 is 25.8 Å². The van der Waals surface area contributed by atoms with Gasteiger partial charge in [-0.15, -0.1) is 0 Å². The first-order valence-electron chi connectivity index (χ1n) is 6.10. The maximum atomic E-state index is 11.0. The van der Waals surface area contributed by atoms with Gasteiger partial charge in [0.25, 0.3) is 0 Å². The van der Waals surface area contributed by atoms with Gasteiger partial charge in [0.2, 0.25) is 0 Å². The molecule has 1 N–H and O–H groups in total. The van der Waals surface area contributed by atoms with Crippen molar-refractivity contribution < 1.29 is 13.2 Å². The predicted molar refractivity (Wildman–Crippen MR) is 81.3 cm³/mol. The van der Waals surface area contributed by atoms with E-state index in [0.717, 1.165) is 16.6 Å². The average molecular weight is 350 g/mol. The van der Waals surface area contributed by atoms with Crippen molar-refractivity contribution in [1.29, 1.82) is 0 Å². The van der Waals surface area contributed by atoms with Crippen LogP contribution in [0.5, 0.6) is 5.75 Å². The lowest BCUT2D eigenvalue weighted by molar-refractivity contribution is 0.340. The van der Waals surface area contributed by atoms with Crippen LogP contribution in [0.25, 0.3) is 0 Å². The average Bonchev–Trinajstić information content (AvgIpc) is 2.27. The Balaban J connectivity index is 2.62. The second-order valence-corrected chi connectivity index (χ2v) is 7.88. The number of halogens is 1. The third-order valence-corrected chi connectivity index (χ3v) is 4.12. The van der Waals surface area contributed by atoms with E-state index in [1.165, 1.54) is 6.26 Å². The van der Waals surface area contributed by atoms with E-state index in [2.05, 4.69) is 35.1 Å². The first kappa shape index (κ1) is 16.5. The molecule has 0 radical (unpaired) electrons. The standard InChI is InChI=1S/C13H20BrNO3S/c1-10(2)15-9-11-8-12(4-5-13(11)14)18-6-7-19(3,16)17/h4-5,8,10,15H,6-7,9H2,1-3H3. The molecule has 0 heterocycles.